The third kappa shape index (κ3) is 6.83. The zero-order chi connectivity index (χ0) is 15.5. The molecular formula is C18H32N2O. The molecule has 0 amide bonds. The summed E-state index contributed by atoms with van der Waals surface area (Å²) in [6, 6.07) is 4.12. The number of pyridine rings is 1. The lowest BCUT2D eigenvalue weighted by atomic mass is 10.0. The van der Waals surface area contributed by atoms with Crippen LogP contribution in [0.3, 0.4) is 0 Å². The average molecular weight is 292 g/mol. The standard InChI is InChI=1S/C18H32N2O/c1-4-7-9-11-16(12-10-8-5-2)19-17-13-14-18(21)20(6-3)15-17/h13-16,19H,4-12H2,1-3H3. The Hall–Kier alpha value is -1.25. The number of rotatable bonds is 11. The Labute approximate surface area is 129 Å². The molecule has 0 radical (unpaired) electrons. The summed E-state index contributed by atoms with van der Waals surface area (Å²) in [4.78, 5) is 11.6. The summed E-state index contributed by atoms with van der Waals surface area (Å²) >= 11 is 0. The van der Waals surface area contributed by atoms with Crippen molar-refractivity contribution in [2.45, 2.75) is 84.7 Å². The number of unbranched alkanes of at least 4 members (excludes halogenated alkanes) is 4. The molecule has 1 heterocycles. The Kier molecular flexibility index (Phi) is 8.88. The Morgan fingerprint density at radius 3 is 2.14 bits per heavy atom. The summed E-state index contributed by atoms with van der Waals surface area (Å²) in [6.45, 7) is 7.23. The zero-order valence-electron chi connectivity index (χ0n) is 14.0. The molecule has 0 aliphatic heterocycles. The summed E-state index contributed by atoms with van der Waals surface area (Å²) in [6.07, 6.45) is 12.1. The molecule has 0 unspecified atom stereocenters. The van der Waals surface area contributed by atoms with Crippen molar-refractivity contribution in [2.24, 2.45) is 0 Å². The molecule has 0 bridgehead atoms. The topological polar surface area (TPSA) is 34.0 Å². The molecular weight excluding hydrogens is 260 g/mol. The van der Waals surface area contributed by atoms with E-state index in [4.69, 9.17) is 0 Å². The van der Waals surface area contributed by atoms with Crippen LogP contribution in [0.4, 0.5) is 5.69 Å². The molecule has 120 valence electrons. The maximum Gasteiger partial charge on any atom is 0.250 e. The second kappa shape index (κ2) is 10.5. The van der Waals surface area contributed by atoms with Gasteiger partial charge in [-0.15, -0.1) is 0 Å². The fourth-order valence-electron chi connectivity index (χ4n) is 2.67. The highest BCUT2D eigenvalue weighted by Crippen LogP contribution is 2.16. The van der Waals surface area contributed by atoms with Crippen molar-refractivity contribution in [3.63, 3.8) is 0 Å². The van der Waals surface area contributed by atoms with E-state index in [9.17, 15) is 4.79 Å². The minimum Gasteiger partial charge on any atom is -0.381 e. The van der Waals surface area contributed by atoms with E-state index in [0.717, 1.165) is 12.2 Å². The van der Waals surface area contributed by atoms with E-state index < -0.39 is 0 Å². The highest BCUT2D eigenvalue weighted by Gasteiger charge is 2.09. The van der Waals surface area contributed by atoms with Gasteiger partial charge in [-0.2, -0.15) is 0 Å². The van der Waals surface area contributed by atoms with Gasteiger partial charge in [-0.3, -0.25) is 4.79 Å². The van der Waals surface area contributed by atoms with Gasteiger partial charge in [-0.05, 0) is 25.8 Å². The first kappa shape index (κ1) is 17.8. The monoisotopic (exact) mass is 292 g/mol. The number of anilines is 1. The normalized spacial score (nSPS) is 11.0. The van der Waals surface area contributed by atoms with Gasteiger partial charge in [0.1, 0.15) is 0 Å². The second-order valence-corrected chi connectivity index (χ2v) is 5.87. The van der Waals surface area contributed by atoms with E-state index in [-0.39, 0.29) is 5.56 Å². The summed E-state index contributed by atoms with van der Waals surface area (Å²) in [5, 5.41) is 3.64. The van der Waals surface area contributed by atoms with E-state index in [1.54, 1.807) is 10.6 Å². The first-order valence-corrected chi connectivity index (χ1v) is 8.68. The molecule has 0 aliphatic carbocycles. The first-order valence-electron chi connectivity index (χ1n) is 8.68. The fourth-order valence-corrected chi connectivity index (χ4v) is 2.67. The maximum absolute atomic E-state index is 11.6. The van der Waals surface area contributed by atoms with Gasteiger partial charge in [0.15, 0.2) is 0 Å². The third-order valence-corrected chi connectivity index (χ3v) is 4.01. The molecule has 0 saturated heterocycles. The van der Waals surface area contributed by atoms with Gasteiger partial charge in [0.05, 0.1) is 5.69 Å². The van der Waals surface area contributed by atoms with Crippen LogP contribution >= 0.6 is 0 Å². The van der Waals surface area contributed by atoms with E-state index in [2.05, 4.69) is 19.2 Å². The zero-order valence-corrected chi connectivity index (χ0v) is 14.0. The van der Waals surface area contributed by atoms with Crippen LogP contribution in [0.2, 0.25) is 0 Å². The SMILES string of the molecule is CCCCCC(CCCCC)Nc1ccc(=O)n(CC)c1. The Balaban J connectivity index is 2.62. The van der Waals surface area contributed by atoms with Crippen LogP contribution in [0.15, 0.2) is 23.1 Å². The molecule has 1 aromatic heterocycles. The van der Waals surface area contributed by atoms with Crippen molar-refractivity contribution in [3.05, 3.63) is 28.7 Å². The molecule has 0 spiro atoms. The smallest absolute Gasteiger partial charge is 0.250 e. The Bertz CT molecular complexity index is 429. The van der Waals surface area contributed by atoms with E-state index in [1.807, 2.05) is 19.2 Å². The number of nitrogens with one attached hydrogen (secondary N) is 1. The van der Waals surface area contributed by atoms with Gasteiger partial charge in [0.25, 0.3) is 5.56 Å². The second-order valence-electron chi connectivity index (χ2n) is 5.87. The van der Waals surface area contributed by atoms with E-state index in [0.29, 0.717) is 6.04 Å². The van der Waals surface area contributed by atoms with Crippen LogP contribution in [0.25, 0.3) is 0 Å². The highest BCUT2D eigenvalue weighted by molar-refractivity contribution is 5.41. The van der Waals surface area contributed by atoms with E-state index >= 15 is 0 Å². The number of aromatic nitrogens is 1. The number of hydrogen-bond acceptors (Lipinski definition) is 2. The van der Waals surface area contributed by atoms with Gasteiger partial charge in [0.2, 0.25) is 0 Å². The molecule has 1 aromatic rings. The van der Waals surface area contributed by atoms with Crippen molar-refractivity contribution in [1.82, 2.24) is 4.57 Å². The molecule has 1 N–H and O–H groups in total. The van der Waals surface area contributed by atoms with Crippen LogP contribution in [-0.4, -0.2) is 10.6 Å². The number of nitrogens with zero attached hydrogens (tertiary/aromatic N) is 1. The van der Waals surface area contributed by atoms with E-state index in [1.165, 1.54) is 51.4 Å². The molecule has 0 fully saturated rings. The Morgan fingerprint density at radius 2 is 1.62 bits per heavy atom. The van der Waals surface area contributed by atoms with Crippen LogP contribution in [0, 0.1) is 0 Å². The summed E-state index contributed by atoms with van der Waals surface area (Å²) in [5.41, 5.74) is 1.16. The van der Waals surface area contributed by atoms with Gasteiger partial charge in [0, 0.05) is 24.8 Å². The predicted octanol–water partition coefficient (Wildman–Crippen LogP) is 4.81. The molecule has 3 nitrogen and oxygen atoms in total. The fraction of sp³-hybridized carbons (Fsp3) is 0.722. The molecule has 0 saturated carbocycles. The van der Waals surface area contributed by atoms with Crippen molar-refractivity contribution >= 4 is 5.69 Å². The van der Waals surface area contributed by atoms with Crippen LogP contribution in [0.5, 0.6) is 0 Å². The number of aryl methyl sites for hydroxylation is 1. The minimum atomic E-state index is 0.0802. The van der Waals surface area contributed by atoms with Crippen LogP contribution in [-0.2, 0) is 6.54 Å². The van der Waals surface area contributed by atoms with Gasteiger partial charge >= 0.3 is 0 Å². The average Bonchev–Trinajstić information content (AvgIpc) is 2.49. The molecule has 0 aromatic carbocycles. The lowest BCUT2D eigenvalue weighted by Gasteiger charge is -2.20. The maximum atomic E-state index is 11.6. The van der Waals surface area contributed by atoms with Crippen molar-refractivity contribution in [2.75, 3.05) is 5.32 Å². The molecule has 0 atom stereocenters. The summed E-state index contributed by atoms with van der Waals surface area (Å²) in [5.74, 6) is 0. The Morgan fingerprint density at radius 1 is 1.00 bits per heavy atom. The van der Waals surface area contributed by atoms with Gasteiger partial charge in [-0.1, -0.05) is 52.4 Å². The molecule has 21 heavy (non-hydrogen) atoms. The predicted molar refractivity (Wildman–Crippen MR) is 92.1 cm³/mol. The molecule has 3 heteroatoms. The summed E-state index contributed by atoms with van der Waals surface area (Å²) < 4.78 is 1.76. The van der Waals surface area contributed by atoms with Gasteiger partial charge < -0.3 is 9.88 Å². The lowest BCUT2D eigenvalue weighted by molar-refractivity contribution is 0.526. The van der Waals surface area contributed by atoms with Crippen molar-refractivity contribution in [1.29, 1.82) is 0 Å². The van der Waals surface area contributed by atoms with Crippen LogP contribution in [0.1, 0.15) is 72.1 Å². The largest absolute Gasteiger partial charge is 0.381 e. The third-order valence-electron chi connectivity index (χ3n) is 4.01. The molecule has 1 rings (SSSR count). The van der Waals surface area contributed by atoms with Gasteiger partial charge in [-0.25, -0.2) is 0 Å². The van der Waals surface area contributed by atoms with Crippen molar-refractivity contribution < 1.29 is 0 Å². The van der Waals surface area contributed by atoms with Crippen LogP contribution < -0.4 is 10.9 Å². The summed E-state index contributed by atoms with van der Waals surface area (Å²) in [7, 11) is 0. The van der Waals surface area contributed by atoms with Crippen molar-refractivity contribution in [3.8, 4) is 0 Å². The quantitative estimate of drug-likeness (QED) is 0.594. The first-order chi connectivity index (χ1) is 10.2. The lowest BCUT2D eigenvalue weighted by Crippen LogP contribution is -2.23. The molecule has 0 aliphatic rings. The minimum absolute atomic E-state index is 0.0802. The highest BCUT2D eigenvalue weighted by atomic mass is 16.1. The number of hydrogen-bond donors (Lipinski definition) is 1.